The van der Waals surface area contributed by atoms with Crippen molar-refractivity contribution >= 4 is 33.3 Å². The third kappa shape index (κ3) is 3.97. The predicted molar refractivity (Wildman–Crippen MR) is 103 cm³/mol. The van der Waals surface area contributed by atoms with Crippen molar-refractivity contribution in [2.45, 2.75) is 26.7 Å². The van der Waals surface area contributed by atoms with Crippen molar-refractivity contribution in [2.75, 3.05) is 45.2 Å². The first-order valence-electron chi connectivity index (χ1n) is 8.96. The van der Waals surface area contributed by atoms with Crippen LogP contribution in [0.1, 0.15) is 33.9 Å². The predicted octanol–water partition coefficient (Wildman–Crippen LogP) is 2.21. The fourth-order valence-electron chi connectivity index (χ4n) is 3.46. The smallest absolute Gasteiger partial charge is 0.348 e. The standard InChI is InChI=1S/C18H26N4O3S/c1-11-14-16(19-10-13-4-6-22(7-5-13)8-9-23)20-12(2)21-17(14)26-15(11)18(24)25-3/h13,23H,4-10H2,1-3H3,(H,19,20,21). The number of likely N-dealkylation sites (tertiary alicyclic amines) is 1. The molecule has 2 N–H and O–H groups in total. The van der Waals surface area contributed by atoms with Gasteiger partial charge < -0.3 is 20.1 Å². The van der Waals surface area contributed by atoms with Gasteiger partial charge in [-0.2, -0.15) is 0 Å². The topological polar surface area (TPSA) is 87.6 Å². The lowest BCUT2D eigenvalue weighted by Crippen LogP contribution is -2.37. The summed E-state index contributed by atoms with van der Waals surface area (Å²) in [5.41, 5.74) is 0.872. The SMILES string of the molecule is COC(=O)c1sc2nc(C)nc(NCC3CCN(CCO)CC3)c2c1C. The molecule has 142 valence electrons. The largest absolute Gasteiger partial charge is 0.465 e. The molecule has 0 aromatic carbocycles. The maximum Gasteiger partial charge on any atom is 0.348 e. The highest BCUT2D eigenvalue weighted by Crippen LogP contribution is 2.34. The van der Waals surface area contributed by atoms with Gasteiger partial charge in [0.05, 0.1) is 19.1 Å². The van der Waals surface area contributed by atoms with Gasteiger partial charge in [0.25, 0.3) is 0 Å². The summed E-state index contributed by atoms with van der Waals surface area (Å²) >= 11 is 1.36. The van der Waals surface area contributed by atoms with Gasteiger partial charge in [-0.05, 0) is 51.3 Å². The Labute approximate surface area is 157 Å². The summed E-state index contributed by atoms with van der Waals surface area (Å²) in [6.45, 7) is 7.66. The first-order chi connectivity index (χ1) is 12.5. The van der Waals surface area contributed by atoms with Crippen LogP contribution in [0.2, 0.25) is 0 Å². The number of hydrogen-bond acceptors (Lipinski definition) is 8. The summed E-state index contributed by atoms with van der Waals surface area (Å²) in [5, 5.41) is 13.5. The molecule has 0 saturated carbocycles. The van der Waals surface area contributed by atoms with Crippen LogP contribution in [0, 0.1) is 19.8 Å². The van der Waals surface area contributed by atoms with Gasteiger partial charge in [-0.3, -0.25) is 0 Å². The average Bonchev–Trinajstić information content (AvgIpc) is 2.97. The molecule has 0 bridgehead atoms. The van der Waals surface area contributed by atoms with E-state index < -0.39 is 0 Å². The van der Waals surface area contributed by atoms with E-state index in [4.69, 9.17) is 9.84 Å². The number of aliphatic hydroxyl groups is 1. The average molecular weight is 378 g/mol. The fraction of sp³-hybridized carbons (Fsp3) is 0.611. The van der Waals surface area contributed by atoms with Crippen LogP contribution in [0.25, 0.3) is 10.2 Å². The van der Waals surface area contributed by atoms with E-state index in [1.807, 2.05) is 13.8 Å². The van der Waals surface area contributed by atoms with E-state index in [2.05, 4.69) is 20.2 Å². The van der Waals surface area contributed by atoms with E-state index in [9.17, 15) is 4.79 Å². The molecule has 0 amide bonds. The number of aromatic nitrogens is 2. The van der Waals surface area contributed by atoms with Crippen LogP contribution in [-0.2, 0) is 4.74 Å². The minimum atomic E-state index is -0.328. The number of β-amino-alcohol motifs (C(OH)–C–C–N with tert-alkyl or cyclic N) is 1. The van der Waals surface area contributed by atoms with Crippen molar-refractivity contribution in [1.82, 2.24) is 14.9 Å². The molecule has 2 aromatic rings. The summed E-state index contributed by atoms with van der Waals surface area (Å²) in [5.74, 6) is 1.74. The molecule has 0 spiro atoms. The van der Waals surface area contributed by atoms with E-state index in [0.717, 1.165) is 60.6 Å². The van der Waals surface area contributed by atoms with E-state index in [-0.39, 0.29) is 12.6 Å². The van der Waals surface area contributed by atoms with Gasteiger partial charge in [0, 0.05) is 13.1 Å². The van der Waals surface area contributed by atoms with Crippen molar-refractivity contribution in [3.8, 4) is 0 Å². The highest BCUT2D eigenvalue weighted by atomic mass is 32.1. The molecule has 1 saturated heterocycles. The van der Waals surface area contributed by atoms with Crippen molar-refractivity contribution in [2.24, 2.45) is 5.92 Å². The quantitative estimate of drug-likeness (QED) is 0.745. The summed E-state index contributed by atoms with van der Waals surface area (Å²) in [6, 6.07) is 0. The van der Waals surface area contributed by atoms with Gasteiger partial charge in [0.15, 0.2) is 0 Å². The van der Waals surface area contributed by atoms with Crippen molar-refractivity contribution in [3.63, 3.8) is 0 Å². The zero-order valence-electron chi connectivity index (χ0n) is 15.5. The van der Waals surface area contributed by atoms with Gasteiger partial charge in [0.1, 0.15) is 21.3 Å². The highest BCUT2D eigenvalue weighted by molar-refractivity contribution is 7.20. The Morgan fingerprint density at radius 2 is 2.08 bits per heavy atom. The summed E-state index contributed by atoms with van der Waals surface area (Å²) in [6.07, 6.45) is 2.21. The molecule has 3 rings (SSSR count). The fourth-order valence-corrected chi connectivity index (χ4v) is 4.60. The Bertz CT molecular complexity index is 784. The second kappa shape index (κ2) is 8.28. The van der Waals surface area contributed by atoms with E-state index in [0.29, 0.717) is 16.6 Å². The lowest BCUT2D eigenvalue weighted by molar-refractivity contribution is 0.0605. The number of methoxy groups -OCH3 is 1. The number of nitrogens with zero attached hydrogens (tertiary/aromatic N) is 3. The highest BCUT2D eigenvalue weighted by Gasteiger charge is 2.22. The molecule has 0 aliphatic carbocycles. The first kappa shape index (κ1) is 19.0. The van der Waals surface area contributed by atoms with Gasteiger partial charge in [-0.15, -0.1) is 11.3 Å². The third-order valence-corrected chi connectivity index (χ3v) is 6.12. The van der Waals surface area contributed by atoms with Gasteiger partial charge >= 0.3 is 5.97 Å². The van der Waals surface area contributed by atoms with Crippen LogP contribution >= 0.6 is 11.3 Å². The molecule has 26 heavy (non-hydrogen) atoms. The third-order valence-electron chi connectivity index (χ3n) is 4.95. The molecule has 0 unspecified atom stereocenters. The minimum Gasteiger partial charge on any atom is -0.465 e. The summed E-state index contributed by atoms with van der Waals surface area (Å²) in [7, 11) is 1.39. The second-order valence-electron chi connectivity index (χ2n) is 6.74. The molecule has 1 aliphatic heterocycles. The Morgan fingerprint density at radius 3 is 2.73 bits per heavy atom. The number of anilines is 1. The first-order valence-corrected chi connectivity index (χ1v) is 9.78. The van der Waals surface area contributed by atoms with E-state index in [1.165, 1.54) is 18.4 Å². The number of aryl methyl sites for hydroxylation is 2. The summed E-state index contributed by atoms with van der Waals surface area (Å²) < 4.78 is 4.88. The van der Waals surface area contributed by atoms with Crippen LogP contribution in [-0.4, -0.2) is 65.8 Å². The van der Waals surface area contributed by atoms with Gasteiger partial charge in [-0.25, -0.2) is 14.8 Å². The summed E-state index contributed by atoms with van der Waals surface area (Å²) in [4.78, 5) is 24.8. The molecular formula is C18H26N4O3S. The molecule has 1 aliphatic rings. The number of hydrogen-bond donors (Lipinski definition) is 2. The van der Waals surface area contributed by atoms with Crippen LogP contribution in [0.5, 0.6) is 0 Å². The number of nitrogens with one attached hydrogen (secondary N) is 1. The number of aliphatic hydroxyl groups excluding tert-OH is 1. The molecule has 8 heteroatoms. The van der Waals surface area contributed by atoms with Crippen molar-refractivity contribution in [1.29, 1.82) is 0 Å². The number of thiophene rings is 1. The van der Waals surface area contributed by atoms with Crippen molar-refractivity contribution in [3.05, 3.63) is 16.3 Å². The molecule has 0 radical (unpaired) electrons. The monoisotopic (exact) mass is 378 g/mol. The zero-order chi connectivity index (χ0) is 18.7. The number of fused-ring (bicyclic) bond motifs is 1. The lowest BCUT2D eigenvalue weighted by atomic mass is 9.97. The van der Waals surface area contributed by atoms with E-state index in [1.54, 1.807) is 0 Å². The number of carbonyl (C=O) groups excluding carboxylic acids is 1. The Kier molecular flexibility index (Phi) is 6.05. The minimum absolute atomic E-state index is 0.223. The Hall–Kier alpha value is -1.77. The Morgan fingerprint density at radius 1 is 1.35 bits per heavy atom. The van der Waals surface area contributed by atoms with Crippen molar-refractivity contribution < 1.29 is 14.6 Å². The molecule has 0 atom stereocenters. The number of ether oxygens (including phenoxy) is 1. The van der Waals surface area contributed by atoms with Crippen LogP contribution in [0.15, 0.2) is 0 Å². The molecule has 1 fully saturated rings. The number of esters is 1. The molecule has 7 nitrogen and oxygen atoms in total. The maximum absolute atomic E-state index is 12.0. The lowest BCUT2D eigenvalue weighted by Gasteiger charge is -2.31. The normalized spacial score (nSPS) is 16.2. The van der Waals surface area contributed by atoms with Crippen LogP contribution in [0.4, 0.5) is 5.82 Å². The van der Waals surface area contributed by atoms with Crippen LogP contribution in [0.3, 0.4) is 0 Å². The second-order valence-corrected chi connectivity index (χ2v) is 7.74. The molecular weight excluding hydrogens is 352 g/mol. The molecule has 2 aromatic heterocycles. The van der Waals surface area contributed by atoms with Gasteiger partial charge in [-0.1, -0.05) is 0 Å². The maximum atomic E-state index is 12.0. The zero-order valence-corrected chi connectivity index (χ0v) is 16.4. The van der Waals surface area contributed by atoms with Crippen LogP contribution < -0.4 is 5.32 Å². The number of piperidine rings is 1. The number of carbonyl (C=O) groups is 1. The molecule has 3 heterocycles. The number of rotatable bonds is 6. The van der Waals surface area contributed by atoms with Gasteiger partial charge in [0.2, 0.25) is 0 Å². The Balaban J connectivity index is 1.75. The van der Waals surface area contributed by atoms with E-state index >= 15 is 0 Å².